The zero-order valence-corrected chi connectivity index (χ0v) is 73.3. The van der Waals surface area contributed by atoms with Gasteiger partial charge < -0.3 is 95.8 Å². The van der Waals surface area contributed by atoms with Crippen molar-refractivity contribution < 1.29 is 81.2 Å². The highest BCUT2D eigenvalue weighted by Crippen LogP contribution is 2.36. The number of fused-ring (bicyclic) bond motifs is 4. The molecule has 12 heterocycles. The highest BCUT2D eigenvalue weighted by atomic mass is 35.5. The fourth-order valence-electron chi connectivity index (χ4n) is 11.3. The van der Waals surface area contributed by atoms with Crippen molar-refractivity contribution in [3.8, 4) is 57.9 Å². The average Bonchev–Trinajstić information content (AvgIpc) is 1.04. The number of carboxylic acid groups (broad SMARTS) is 1. The smallest absolute Gasteiger partial charge is 0.408 e. The number of nitrogens with one attached hydrogen (secondary N) is 6. The lowest BCUT2D eigenvalue weighted by Gasteiger charge is -2.23. The summed E-state index contributed by atoms with van der Waals surface area (Å²) in [5, 5.41) is 34.7. The minimum Gasteiger partial charge on any atom is -0.480 e. The monoisotopic (exact) mass is 1830 g/mol. The highest BCUT2D eigenvalue weighted by molar-refractivity contribution is 7.10. The Balaban J connectivity index is 0.000000150. The third-order valence-corrected chi connectivity index (χ3v) is 21.3. The van der Waals surface area contributed by atoms with Crippen molar-refractivity contribution in [3.63, 3.8) is 0 Å². The van der Waals surface area contributed by atoms with Gasteiger partial charge in [-0.15, -0.1) is 45.3 Å². The third-order valence-electron chi connectivity index (χ3n) is 17.1. The second-order valence-electron chi connectivity index (χ2n) is 28.9. The number of imidazole rings is 2. The van der Waals surface area contributed by atoms with Gasteiger partial charge in [-0.1, -0.05) is 83.3 Å². The molecule has 4 aliphatic rings. The van der Waals surface area contributed by atoms with Gasteiger partial charge in [0.2, 0.25) is 56.8 Å². The molecule has 11 N–H and O–H groups in total. The van der Waals surface area contributed by atoms with Crippen LogP contribution in [0.15, 0.2) is 192 Å². The van der Waals surface area contributed by atoms with Crippen LogP contribution in [0.5, 0.6) is 46.0 Å². The number of carboxylic acids is 1. The first-order valence-corrected chi connectivity index (χ1v) is 42.9. The Morgan fingerprint density at radius 2 is 0.798 bits per heavy atom. The first kappa shape index (κ1) is 92.4. The lowest BCUT2D eigenvalue weighted by molar-refractivity contribution is -0.139. The Bertz CT molecular complexity index is 5440. The molecule has 0 aliphatic carbocycles. The summed E-state index contributed by atoms with van der Waals surface area (Å²) in [6, 6.07) is 38.1. The van der Waals surface area contributed by atoms with Crippen molar-refractivity contribution in [3.05, 3.63) is 250 Å². The van der Waals surface area contributed by atoms with Crippen molar-refractivity contribution in [1.29, 1.82) is 0 Å². The summed E-state index contributed by atoms with van der Waals surface area (Å²) in [7, 11) is 0. The molecule has 652 valence electrons. The van der Waals surface area contributed by atoms with Crippen LogP contribution in [0, 0.1) is 0 Å². The normalized spacial score (nSPS) is 13.1. The maximum absolute atomic E-state index is 13.2. The quantitative estimate of drug-likeness (QED) is 0.0240. The van der Waals surface area contributed by atoms with Gasteiger partial charge in [0.25, 0.3) is 0 Å². The maximum atomic E-state index is 13.2. The van der Waals surface area contributed by atoms with Crippen molar-refractivity contribution in [1.82, 2.24) is 65.6 Å². The van der Waals surface area contributed by atoms with E-state index in [1.165, 1.54) is 28.7 Å². The minimum atomic E-state index is -1.07. The average molecular weight is 1830 g/mol. The van der Waals surface area contributed by atoms with Gasteiger partial charge in [-0.05, 0) is 158 Å². The molecule has 16 rings (SSSR count). The number of amides is 5. The Labute approximate surface area is 744 Å². The number of ether oxygens (including phenoxy) is 10. The van der Waals surface area contributed by atoms with E-state index in [1.807, 2.05) is 143 Å². The van der Waals surface area contributed by atoms with Crippen LogP contribution in [0.1, 0.15) is 83.3 Å². The van der Waals surface area contributed by atoms with Crippen LogP contribution in [-0.4, -0.2) is 143 Å². The van der Waals surface area contributed by atoms with Crippen LogP contribution in [0.3, 0.4) is 0 Å². The van der Waals surface area contributed by atoms with Crippen LogP contribution in [0.25, 0.3) is 11.9 Å². The Kier molecular flexibility index (Phi) is 33.7. The second-order valence-corrected chi connectivity index (χ2v) is 34.2. The molecule has 0 saturated carbocycles. The summed E-state index contributed by atoms with van der Waals surface area (Å²) in [5.41, 5.74) is 13.9. The molecule has 8 aromatic heterocycles. The predicted molar refractivity (Wildman–Crippen MR) is 468 cm³/mol. The third kappa shape index (κ3) is 29.7. The summed E-state index contributed by atoms with van der Waals surface area (Å²) in [4.78, 5) is 101. The Hall–Kier alpha value is -12.3. The largest absolute Gasteiger partial charge is 0.480 e. The predicted octanol–water partition coefficient (Wildman–Crippen LogP) is 13.4. The van der Waals surface area contributed by atoms with Gasteiger partial charge >= 0.3 is 18.2 Å². The molecule has 0 saturated heterocycles. The summed E-state index contributed by atoms with van der Waals surface area (Å²) >= 11 is 23.8. The zero-order chi connectivity index (χ0) is 88.1. The number of benzene rings is 4. The van der Waals surface area contributed by atoms with E-state index in [4.69, 9.17) is 98.7 Å². The summed E-state index contributed by atoms with van der Waals surface area (Å²) in [6.07, 6.45) is 10.2. The number of hydrogen-bond acceptors (Lipinski definition) is 29. The van der Waals surface area contributed by atoms with E-state index in [1.54, 1.807) is 117 Å². The summed E-state index contributed by atoms with van der Waals surface area (Å²) in [6.45, 7) is 13.1. The Morgan fingerprint density at radius 1 is 0.452 bits per heavy atom. The molecule has 0 spiro atoms. The number of nitrogens with two attached hydrogens (primary N) is 2. The molecule has 0 fully saturated rings. The number of aliphatic carboxylic acids is 1. The van der Waals surface area contributed by atoms with Gasteiger partial charge in [-0.3, -0.25) is 23.5 Å². The van der Waals surface area contributed by atoms with Crippen LogP contribution < -0.4 is 81.3 Å². The van der Waals surface area contributed by atoms with Crippen molar-refractivity contribution in [2.75, 3.05) is 32.5 Å². The van der Waals surface area contributed by atoms with E-state index in [0.29, 0.717) is 109 Å². The van der Waals surface area contributed by atoms with Gasteiger partial charge in [-0.2, -0.15) is 4.98 Å². The van der Waals surface area contributed by atoms with Crippen LogP contribution in [-0.2, 0) is 80.5 Å². The number of nitrogens with zero attached hydrogens (tertiary/aromatic N) is 8. The molecule has 4 atom stereocenters. The molecular formula is C84H89Cl3N16O17S4. The fourth-order valence-corrected chi connectivity index (χ4v) is 14.9. The van der Waals surface area contributed by atoms with E-state index in [-0.39, 0.29) is 49.7 Å². The first-order chi connectivity index (χ1) is 59.6. The topological polar surface area (TPSA) is 426 Å². The van der Waals surface area contributed by atoms with Crippen LogP contribution >= 0.6 is 80.1 Å². The molecule has 5 amide bonds. The van der Waals surface area contributed by atoms with Gasteiger partial charge in [0.15, 0.2) is 46.0 Å². The van der Waals surface area contributed by atoms with E-state index in [2.05, 4.69) is 61.8 Å². The van der Waals surface area contributed by atoms with Crippen molar-refractivity contribution >= 4 is 122 Å². The number of carbonyl (C=O) groups is 6. The van der Waals surface area contributed by atoms with E-state index >= 15 is 0 Å². The van der Waals surface area contributed by atoms with Crippen molar-refractivity contribution in [2.24, 2.45) is 11.5 Å². The maximum Gasteiger partial charge on any atom is 0.408 e. The van der Waals surface area contributed by atoms with Gasteiger partial charge in [0.05, 0.1) is 6.04 Å². The fraction of sp³-hybridized carbons (Fsp3) is 0.286. The highest BCUT2D eigenvalue weighted by Gasteiger charge is 2.29. The van der Waals surface area contributed by atoms with E-state index in [0.717, 1.165) is 59.0 Å². The second kappa shape index (κ2) is 45.2. The van der Waals surface area contributed by atoms with E-state index < -0.39 is 53.5 Å². The summed E-state index contributed by atoms with van der Waals surface area (Å²) in [5.74, 6) is 5.33. The molecule has 4 aliphatic heterocycles. The summed E-state index contributed by atoms with van der Waals surface area (Å²) < 4.78 is 55.8. The number of carbonyl (C=O) groups excluding carboxylic acids is 5. The first-order valence-electron chi connectivity index (χ1n) is 38.2. The molecule has 4 aromatic carbocycles. The molecule has 0 bridgehead atoms. The minimum absolute atomic E-state index is 0.152. The number of hydrogen-bond donors (Lipinski definition) is 9. The van der Waals surface area contributed by atoms with Crippen LogP contribution in [0.2, 0.25) is 15.5 Å². The molecule has 12 aromatic rings. The number of halogens is 3. The SMILES string of the molecule is CC(C)(C)OC(=O)N[C@@H](Cc1cccs1)C(=O)NCc1ccc2c(c1)OCO2.CC(C)(C)OC(=O)N[C@H](Cc1cccs1)C(=O)O.Clc1cc(Cl)nc(-n2ccnc2)n1.NCc1ccc2c(c1)OCO2.N[C@@H](Cc1cccs1)C(=O)NCc1ccc2c(c1)OCO2.O=C(NCc1ccc2c(c1)OCO2)[C@H](Cc1cccs1)Nc1cc(Cl)nc(-n2ccnc2)n1. The zero-order valence-electron chi connectivity index (χ0n) is 67.7. The lowest BCUT2D eigenvalue weighted by Crippen LogP contribution is -2.49. The molecule has 33 nitrogen and oxygen atoms in total. The van der Waals surface area contributed by atoms with Crippen LogP contribution in [0.4, 0.5) is 15.4 Å². The molecule has 40 heteroatoms. The number of alkyl carbamates (subject to hydrolysis) is 2. The number of thiophene rings is 4. The Morgan fingerprint density at radius 3 is 1.18 bits per heavy atom. The molecular weight excluding hydrogens is 1740 g/mol. The standard InChI is InChI=1S/C22H19ClN6O3S.C20H24N2O5S.C15H16N2O3S.C12H17NO4S.C8H9NO2.C7H4Cl2N4/c23-19-10-20(28-22(27-19)29-6-5-24-12-29)26-16(9-15-2-1-7-33-15)21(30)25-11-14-3-4-17-18(8-14)32-13-31-17;1-20(2,3)27-19(24)22-15(10-14-5-4-8-28-14)18(23)21-11-13-6-7-16-17(9-13)26-12-25-16;16-12(7-11-2-1-5-21-11)15(18)17-8-10-3-4-13-14(6-10)20-9-19-13;1-12(2,3)17-11(16)13-9(10(14)15)7-8-5-4-6-18-8;9-4-6-1-2-7-8(3-6)11-5-10-7;8-5-3-6(9)12-7(11-5)13-2-1-10-4-13/h1-8,10,12,16H,9,11,13H2,(H,25,30)(H,26,27,28);4-9,15H,10-12H2,1-3H3,(H,21,23)(H,22,24);1-6,12H,7-9,16H2,(H,17,18);4-6,9H,7H2,1-3H3,(H,13,16)(H,14,15);1-3H,4-5,9H2;1-4H/t16-;15-;12-;9-;;/m0001../s1. The lowest BCUT2D eigenvalue weighted by atomic mass is 10.1. The number of aromatic nitrogens is 8. The van der Waals surface area contributed by atoms with E-state index in [9.17, 15) is 28.8 Å². The number of rotatable bonds is 25. The van der Waals surface area contributed by atoms with Gasteiger partial charge in [-0.25, -0.2) is 39.3 Å². The molecule has 0 unspecified atom stereocenters. The molecule has 0 radical (unpaired) electrons. The van der Waals surface area contributed by atoms with Crippen molar-refractivity contribution in [2.45, 2.75) is 129 Å². The number of anilines is 1. The van der Waals surface area contributed by atoms with Gasteiger partial charge in [0.1, 0.15) is 63.3 Å². The van der Waals surface area contributed by atoms with Gasteiger partial charge in [0, 0.05) is 108 Å². The molecule has 124 heavy (non-hydrogen) atoms.